The van der Waals surface area contributed by atoms with Crippen LogP contribution in [0.1, 0.15) is 23.3 Å². The van der Waals surface area contributed by atoms with Gasteiger partial charge in [-0.15, -0.1) is 0 Å². The van der Waals surface area contributed by atoms with Crippen LogP contribution in [0.15, 0.2) is 30.4 Å². The van der Waals surface area contributed by atoms with Gasteiger partial charge >= 0.3 is 5.97 Å². The molecule has 0 atom stereocenters. The van der Waals surface area contributed by atoms with Gasteiger partial charge in [0.2, 0.25) is 0 Å². The molecule has 0 spiro atoms. The molecule has 0 saturated carbocycles. The van der Waals surface area contributed by atoms with Crippen LogP contribution in [0.3, 0.4) is 0 Å². The maximum atomic E-state index is 10.7. The lowest BCUT2D eigenvalue weighted by molar-refractivity contribution is 0.0690. The number of pyridine rings is 1. The Morgan fingerprint density at radius 2 is 2.13 bits per heavy atom. The summed E-state index contributed by atoms with van der Waals surface area (Å²) in [6.07, 6.45) is 6.16. The zero-order valence-corrected chi connectivity index (χ0v) is 8.18. The van der Waals surface area contributed by atoms with Gasteiger partial charge in [-0.05, 0) is 25.0 Å². The molecule has 0 saturated heterocycles. The van der Waals surface area contributed by atoms with Crippen molar-refractivity contribution in [3.05, 3.63) is 36.0 Å². The fourth-order valence-corrected chi connectivity index (χ4v) is 1.58. The molecule has 0 radical (unpaired) electrons. The van der Waals surface area contributed by atoms with E-state index in [-0.39, 0.29) is 5.69 Å². The first-order valence-corrected chi connectivity index (χ1v) is 4.87. The van der Waals surface area contributed by atoms with Crippen LogP contribution >= 0.6 is 0 Å². The molecule has 2 N–H and O–H groups in total. The van der Waals surface area contributed by atoms with Gasteiger partial charge in [0.05, 0.1) is 0 Å². The number of aromatic nitrogens is 1. The molecule has 1 aliphatic rings. The molecular formula is C11H12N2O2. The maximum absolute atomic E-state index is 10.7. The summed E-state index contributed by atoms with van der Waals surface area (Å²) in [6, 6.07) is 5.31. The van der Waals surface area contributed by atoms with Crippen LogP contribution in [-0.2, 0) is 0 Å². The third-order valence-electron chi connectivity index (χ3n) is 2.33. The first-order chi connectivity index (χ1) is 7.25. The third-order valence-corrected chi connectivity index (χ3v) is 2.33. The van der Waals surface area contributed by atoms with Crippen LogP contribution in [0.2, 0.25) is 0 Å². The smallest absolute Gasteiger partial charge is 0.354 e. The molecular weight excluding hydrogens is 192 g/mol. The van der Waals surface area contributed by atoms with Crippen molar-refractivity contribution in [2.24, 2.45) is 0 Å². The normalized spacial score (nSPS) is 15.5. The van der Waals surface area contributed by atoms with Crippen molar-refractivity contribution >= 4 is 11.8 Å². The van der Waals surface area contributed by atoms with E-state index >= 15 is 0 Å². The molecule has 0 amide bonds. The van der Waals surface area contributed by atoms with Gasteiger partial charge in [-0.25, -0.2) is 9.78 Å². The Morgan fingerprint density at radius 3 is 2.80 bits per heavy atom. The van der Waals surface area contributed by atoms with Crippen LogP contribution < -0.4 is 5.32 Å². The molecule has 78 valence electrons. The van der Waals surface area contributed by atoms with E-state index in [1.165, 1.54) is 6.07 Å². The van der Waals surface area contributed by atoms with E-state index in [1.807, 2.05) is 0 Å². The molecule has 0 aromatic carbocycles. The topological polar surface area (TPSA) is 62.2 Å². The highest BCUT2D eigenvalue weighted by atomic mass is 16.4. The lowest BCUT2D eigenvalue weighted by Crippen LogP contribution is -2.16. The predicted molar refractivity (Wildman–Crippen MR) is 57.0 cm³/mol. The number of nitrogens with zero attached hydrogens (tertiary/aromatic N) is 1. The number of nitrogens with one attached hydrogen (secondary N) is 1. The van der Waals surface area contributed by atoms with Gasteiger partial charge < -0.3 is 10.4 Å². The Labute approximate surface area is 87.7 Å². The van der Waals surface area contributed by atoms with Crippen LogP contribution in [0.25, 0.3) is 0 Å². The van der Waals surface area contributed by atoms with E-state index in [9.17, 15) is 4.79 Å². The van der Waals surface area contributed by atoms with Crippen molar-refractivity contribution in [1.82, 2.24) is 4.98 Å². The van der Waals surface area contributed by atoms with Gasteiger partial charge in [-0.3, -0.25) is 0 Å². The van der Waals surface area contributed by atoms with Gasteiger partial charge in [0.15, 0.2) is 5.69 Å². The highest BCUT2D eigenvalue weighted by Crippen LogP contribution is 2.15. The number of hydrogen-bond donors (Lipinski definition) is 2. The summed E-state index contributed by atoms with van der Waals surface area (Å²) in [5.74, 6) is -0.369. The average Bonchev–Trinajstić information content (AvgIpc) is 2.71. The summed E-state index contributed by atoms with van der Waals surface area (Å²) in [5, 5.41) is 12.0. The van der Waals surface area contributed by atoms with Gasteiger partial charge in [-0.1, -0.05) is 18.2 Å². The number of rotatable bonds is 3. The Morgan fingerprint density at radius 1 is 1.40 bits per heavy atom. The Hall–Kier alpha value is -1.84. The Balaban J connectivity index is 2.07. The molecule has 4 nitrogen and oxygen atoms in total. The van der Waals surface area contributed by atoms with Crippen molar-refractivity contribution in [2.75, 3.05) is 5.32 Å². The second-order valence-corrected chi connectivity index (χ2v) is 3.50. The number of aromatic carboxylic acids is 1. The maximum Gasteiger partial charge on any atom is 0.354 e. The first kappa shape index (κ1) is 9.71. The molecule has 0 aliphatic heterocycles. The molecule has 1 heterocycles. The SMILES string of the molecule is O=C(O)c1cccc(NC2CC=CC2)n1. The van der Waals surface area contributed by atoms with Gasteiger partial charge in [0.25, 0.3) is 0 Å². The lowest BCUT2D eigenvalue weighted by atomic mass is 10.2. The quantitative estimate of drug-likeness (QED) is 0.738. The zero-order valence-electron chi connectivity index (χ0n) is 8.18. The summed E-state index contributed by atoms with van der Waals surface area (Å²) in [4.78, 5) is 14.7. The van der Waals surface area contributed by atoms with Crippen molar-refractivity contribution in [1.29, 1.82) is 0 Å². The predicted octanol–water partition coefficient (Wildman–Crippen LogP) is 1.91. The van der Waals surface area contributed by atoms with Crippen molar-refractivity contribution in [3.63, 3.8) is 0 Å². The number of carboxylic acid groups (broad SMARTS) is 1. The minimum atomic E-state index is -0.997. The summed E-state index contributed by atoms with van der Waals surface area (Å²) in [6.45, 7) is 0. The van der Waals surface area contributed by atoms with E-state index in [1.54, 1.807) is 12.1 Å². The summed E-state index contributed by atoms with van der Waals surface area (Å²) >= 11 is 0. The van der Waals surface area contributed by atoms with Crippen molar-refractivity contribution in [3.8, 4) is 0 Å². The molecule has 15 heavy (non-hydrogen) atoms. The molecule has 4 heteroatoms. The van der Waals surface area contributed by atoms with Crippen LogP contribution in [0, 0.1) is 0 Å². The van der Waals surface area contributed by atoms with Crippen LogP contribution in [-0.4, -0.2) is 22.1 Å². The zero-order chi connectivity index (χ0) is 10.7. The average molecular weight is 204 g/mol. The minimum Gasteiger partial charge on any atom is -0.477 e. The van der Waals surface area contributed by atoms with Crippen molar-refractivity contribution < 1.29 is 9.90 Å². The second kappa shape index (κ2) is 4.13. The first-order valence-electron chi connectivity index (χ1n) is 4.87. The van der Waals surface area contributed by atoms with Crippen molar-refractivity contribution in [2.45, 2.75) is 18.9 Å². The summed E-state index contributed by atoms with van der Waals surface area (Å²) < 4.78 is 0. The highest BCUT2D eigenvalue weighted by Gasteiger charge is 2.11. The monoisotopic (exact) mass is 204 g/mol. The van der Waals surface area contributed by atoms with E-state index < -0.39 is 5.97 Å². The molecule has 2 rings (SSSR count). The van der Waals surface area contributed by atoms with Crippen LogP contribution in [0.4, 0.5) is 5.82 Å². The third kappa shape index (κ3) is 2.34. The van der Waals surface area contributed by atoms with Gasteiger partial charge in [-0.2, -0.15) is 0 Å². The Kier molecular flexibility index (Phi) is 2.67. The molecule has 0 unspecified atom stereocenters. The Bertz CT molecular complexity index is 393. The van der Waals surface area contributed by atoms with E-state index in [0.717, 1.165) is 12.8 Å². The second-order valence-electron chi connectivity index (χ2n) is 3.50. The van der Waals surface area contributed by atoms with E-state index in [0.29, 0.717) is 11.9 Å². The van der Waals surface area contributed by atoms with Gasteiger partial charge in [0.1, 0.15) is 5.82 Å². The lowest BCUT2D eigenvalue weighted by Gasteiger charge is -2.12. The highest BCUT2D eigenvalue weighted by molar-refractivity contribution is 5.85. The van der Waals surface area contributed by atoms with Crippen LogP contribution in [0.5, 0.6) is 0 Å². The molecule has 1 aromatic heterocycles. The standard InChI is InChI=1S/C11H12N2O2/c14-11(15)9-6-3-7-10(13-9)12-8-4-1-2-5-8/h1-3,6-8H,4-5H2,(H,12,13)(H,14,15). The summed E-state index contributed by atoms with van der Waals surface area (Å²) in [7, 11) is 0. The molecule has 0 fully saturated rings. The number of anilines is 1. The molecule has 0 bridgehead atoms. The van der Waals surface area contributed by atoms with Gasteiger partial charge in [0, 0.05) is 6.04 Å². The van der Waals surface area contributed by atoms with E-state index in [2.05, 4.69) is 22.5 Å². The number of hydrogen-bond acceptors (Lipinski definition) is 3. The minimum absolute atomic E-state index is 0.0750. The fourth-order valence-electron chi connectivity index (χ4n) is 1.58. The largest absolute Gasteiger partial charge is 0.477 e. The fraction of sp³-hybridized carbons (Fsp3) is 0.273. The van der Waals surface area contributed by atoms with E-state index in [4.69, 9.17) is 5.11 Å². The molecule has 1 aliphatic carbocycles. The number of carbonyl (C=O) groups is 1. The molecule has 1 aromatic rings. The summed E-state index contributed by atoms with van der Waals surface area (Å²) in [5.41, 5.74) is 0.0750. The number of carboxylic acids is 1.